The summed E-state index contributed by atoms with van der Waals surface area (Å²) in [4.78, 5) is 3.91. The second-order valence-corrected chi connectivity index (χ2v) is 3.20. The topological polar surface area (TPSA) is 33.1 Å². The highest BCUT2D eigenvalue weighted by molar-refractivity contribution is 5.66. The van der Waals surface area contributed by atoms with E-state index in [9.17, 15) is 4.39 Å². The summed E-state index contributed by atoms with van der Waals surface area (Å²) in [6.45, 7) is -0.0975. The molecule has 0 saturated carbocycles. The summed E-state index contributed by atoms with van der Waals surface area (Å²) >= 11 is 0. The molecule has 0 fully saturated rings. The SMILES string of the molecule is OCc1cnccc1-c1cccc(F)c1. The number of hydrogen-bond donors (Lipinski definition) is 1. The van der Waals surface area contributed by atoms with Gasteiger partial charge in [-0.3, -0.25) is 4.98 Å². The van der Waals surface area contributed by atoms with Crippen LogP contribution in [0, 0.1) is 5.82 Å². The molecule has 0 spiro atoms. The third kappa shape index (κ3) is 2.02. The van der Waals surface area contributed by atoms with Crippen LogP contribution in [-0.4, -0.2) is 10.1 Å². The molecule has 0 atom stereocenters. The normalized spacial score (nSPS) is 10.3. The van der Waals surface area contributed by atoms with Crippen molar-refractivity contribution in [2.24, 2.45) is 0 Å². The molecule has 3 heteroatoms. The molecule has 76 valence electrons. The molecule has 1 aromatic carbocycles. The number of pyridine rings is 1. The van der Waals surface area contributed by atoms with Crippen molar-refractivity contribution < 1.29 is 9.50 Å². The van der Waals surface area contributed by atoms with Crippen molar-refractivity contribution in [2.75, 3.05) is 0 Å². The zero-order chi connectivity index (χ0) is 10.7. The van der Waals surface area contributed by atoms with Crippen LogP contribution in [0.1, 0.15) is 5.56 Å². The Kier molecular flexibility index (Phi) is 2.74. The minimum absolute atomic E-state index is 0.0975. The van der Waals surface area contributed by atoms with Gasteiger partial charge in [0.25, 0.3) is 0 Å². The van der Waals surface area contributed by atoms with Crippen LogP contribution in [0.5, 0.6) is 0 Å². The smallest absolute Gasteiger partial charge is 0.123 e. The molecule has 0 amide bonds. The molecule has 0 unspecified atom stereocenters. The average Bonchev–Trinajstić information content (AvgIpc) is 2.29. The van der Waals surface area contributed by atoms with Crippen LogP contribution in [0.2, 0.25) is 0 Å². The van der Waals surface area contributed by atoms with E-state index >= 15 is 0 Å². The fourth-order valence-electron chi connectivity index (χ4n) is 1.49. The first-order valence-corrected chi connectivity index (χ1v) is 4.61. The maximum Gasteiger partial charge on any atom is 0.123 e. The molecule has 15 heavy (non-hydrogen) atoms. The summed E-state index contributed by atoms with van der Waals surface area (Å²) in [5.41, 5.74) is 2.26. The largest absolute Gasteiger partial charge is 0.392 e. The highest BCUT2D eigenvalue weighted by atomic mass is 19.1. The van der Waals surface area contributed by atoms with Crippen molar-refractivity contribution in [3.63, 3.8) is 0 Å². The van der Waals surface area contributed by atoms with Crippen molar-refractivity contribution in [1.82, 2.24) is 4.98 Å². The van der Waals surface area contributed by atoms with Crippen LogP contribution in [-0.2, 0) is 6.61 Å². The summed E-state index contributed by atoms with van der Waals surface area (Å²) in [5.74, 6) is -0.284. The third-order valence-corrected chi connectivity index (χ3v) is 2.21. The first-order chi connectivity index (χ1) is 7.31. The second kappa shape index (κ2) is 4.19. The fourth-order valence-corrected chi connectivity index (χ4v) is 1.49. The maximum atomic E-state index is 13.0. The van der Waals surface area contributed by atoms with E-state index in [0.717, 1.165) is 11.1 Å². The summed E-state index contributed by atoms with van der Waals surface area (Å²) in [6, 6.07) is 8.04. The maximum absolute atomic E-state index is 13.0. The van der Waals surface area contributed by atoms with Crippen molar-refractivity contribution in [2.45, 2.75) is 6.61 Å². The molecular weight excluding hydrogens is 193 g/mol. The van der Waals surface area contributed by atoms with E-state index < -0.39 is 0 Å². The van der Waals surface area contributed by atoms with Gasteiger partial charge in [0.1, 0.15) is 5.82 Å². The minimum atomic E-state index is -0.284. The van der Waals surface area contributed by atoms with Crippen LogP contribution >= 0.6 is 0 Å². The quantitative estimate of drug-likeness (QED) is 0.812. The lowest BCUT2D eigenvalue weighted by molar-refractivity contribution is 0.282. The monoisotopic (exact) mass is 203 g/mol. The van der Waals surface area contributed by atoms with Gasteiger partial charge < -0.3 is 5.11 Å². The van der Waals surface area contributed by atoms with Crippen LogP contribution in [0.3, 0.4) is 0 Å². The number of benzene rings is 1. The number of aliphatic hydroxyl groups excluding tert-OH is 1. The zero-order valence-corrected chi connectivity index (χ0v) is 8.02. The molecule has 0 radical (unpaired) electrons. The Morgan fingerprint density at radius 2 is 2.13 bits per heavy atom. The molecule has 0 aliphatic carbocycles. The molecule has 0 saturated heterocycles. The van der Waals surface area contributed by atoms with Gasteiger partial charge in [-0.15, -0.1) is 0 Å². The van der Waals surface area contributed by atoms with Gasteiger partial charge in [-0.1, -0.05) is 12.1 Å². The Labute approximate surface area is 87.0 Å². The molecular formula is C12H10FNO. The van der Waals surface area contributed by atoms with E-state index in [-0.39, 0.29) is 12.4 Å². The Morgan fingerprint density at radius 1 is 1.27 bits per heavy atom. The summed E-state index contributed by atoms with van der Waals surface area (Å²) in [6.07, 6.45) is 3.21. The molecule has 0 aliphatic heterocycles. The molecule has 0 aliphatic rings. The van der Waals surface area contributed by atoms with Gasteiger partial charge in [-0.25, -0.2) is 4.39 Å². The summed E-state index contributed by atoms with van der Waals surface area (Å²) in [7, 11) is 0. The van der Waals surface area contributed by atoms with Crippen LogP contribution in [0.4, 0.5) is 4.39 Å². The average molecular weight is 203 g/mol. The first-order valence-electron chi connectivity index (χ1n) is 4.61. The lowest BCUT2D eigenvalue weighted by Gasteiger charge is -2.06. The molecule has 1 aromatic heterocycles. The third-order valence-electron chi connectivity index (χ3n) is 2.21. The minimum Gasteiger partial charge on any atom is -0.392 e. The molecule has 2 nitrogen and oxygen atoms in total. The molecule has 1 heterocycles. The van der Waals surface area contributed by atoms with Crippen molar-refractivity contribution in [1.29, 1.82) is 0 Å². The van der Waals surface area contributed by atoms with Gasteiger partial charge in [-0.05, 0) is 29.3 Å². The Morgan fingerprint density at radius 3 is 2.87 bits per heavy atom. The highest BCUT2D eigenvalue weighted by Crippen LogP contribution is 2.23. The van der Waals surface area contributed by atoms with Crippen LogP contribution in [0.25, 0.3) is 11.1 Å². The highest BCUT2D eigenvalue weighted by Gasteiger charge is 2.04. The molecule has 2 aromatic rings. The second-order valence-electron chi connectivity index (χ2n) is 3.20. The van der Waals surface area contributed by atoms with Gasteiger partial charge >= 0.3 is 0 Å². The van der Waals surface area contributed by atoms with E-state index in [0.29, 0.717) is 5.56 Å². The number of halogens is 1. The molecule has 0 bridgehead atoms. The van der Waals surface area contributed by atoms with E-state index in [1.165, 1.54) is 12.1 Å². The van der Waals surface area contributed by atoms with Gasteiger partial charge in [0.2, 0.25) is 0 Å². The number of hydrogen-bond acceptors (Lipinski definition) is 2. The number of aliphatic hydroxyl groups is 1. The van der Waals surface area contributed by atoms with E-state index in [4.69, 9.17) is 5.11 Å². The fraction of sp³-hybridized carbons (Fsp3) is 0.0833. The van der Waals surface area contributed by atoms with Crippen LogP contribution in [0.15, 0.2) is 42.7 Å². The Bertz CT molecular complexity index is 471. The number of nitrogens with zero attached hydrogens (tertiary/aromatic N) is 1. The van der Waals surface area contributed by atoms with E-state index in [2.05, 4.69) is 4.98 Å². The number of rotatable bonds is 2. The first kappa shape index (κ1) is 9.80. The van der Waals surface area contributed by atoms with Crippen LogP contribution < -0.4 is 0 Å². The van der Waals surface area contributed by atoms with Gasteiger partial charge in [0.15, 0.2) is 0 Å². The van der Waals surface area contributed by atoms with Crippen molar-refractivity contribution >= 4 is 0 Å². The van der Waals surface area contributed by atoms with Crippen molar-refractivity contribution in [3.05, 3.63) is 54.1 Å². The van der Waals surface area contributed by atoms with Gasteiger partial charge in [-0.2, -0.15) is 0 Å². The Balaban J connectivity index is 2.53. The Hall–Kier alpha value is -1.74. The zero-order valence-electron chi connectivity index (χ0n) is 8.02. The van der Waals surface area contributed by atoms with Gasteiger partial charge in [0.05, 0.1) is 6.61 Å². The predicted molar refractivity (Wildman–Crippen MR) is 55.6 cm³/mol. The number of aromatic nitrogens is 1. The van der Waals surface area contributed by atoms with Crippen molar-refractivity contribution in [3.8, 4) is 11.1 Å². The lowest BCUT2D eigenvalue weighted by Crippen LogP contribution is -1.90. The predicted octanol–water partition coefficient (Wildman–Crippen LogP) is 2.38. The van der Waals surface area contributed by atoms with E-state index in [1.54, 1.807) is 30.6 Å². The summed E-state index contributed by atoms with van der Waals surface area (Å²) in [5, 5.41) is 9.12. The van der Waals surface area contributed by atoms with E-state index in [1.807, 2.05) is 0 Å². The molecule has 2 rings (SSSR count). The lowest BCUT2D eigenvalue weighted by atomic mass is 10.0. The molecule has 1 N–H and O–H groups in total. The van der Waals surface area contributed by atoms with Gasteiger partial charge in [0, 0.05) is 18.0 Å². The summed E-state index contributed by atoms with van der Waals surface area (Å²) < 4.78 is 13.0. The standard InChI is InChI=1S/C12H10FNO/c13-11-3-1-2-9(6-11)12-4-5-14-7-10(12)8-15/h1-7,15H,8H2.